The van der Waals surface area contributed by atoms with Gasteiger partial charge in [-0.1, -0.05) is 0 Å². The van der Waals surface area contributed by atoms with Crippen molar-refractivity contribution < 1.29 is 13.3 Å². The molecule has 0 aliphatic carbocycles. The molecule has 0 aromatic heterocycles. The van der Waals surface area contributed by atoms with Gasteiger partial charge in [0.15, 0.2) is 0 Å². The molecule has 0 aliphatic heterocycles. The zero-order chi connectivity index (χ0) is 10.3. The summed E-state index contributed by atoms with van der Waals surface area (Å²) in [4.78, 5) is 0. The minimum Gasteiger partial charge on any atom is -0.373 e. The summed E-state index contributed by atoms with van der Waals surface area (Å²) in [5.41, 5.74) is 0. The maximum Gasteiger partial charge on any atom is 0.519 e. The molecule has 0 fully saturated rings. The van der Waals surface area contributed by atoms with Gasteiger partial charge in [0.2, 0.25) is 0 Å². The third kappa shape index (κ3) is 3.95. The van der Waals surface area contributed by atoms with E-state index in [1.807, 2.05) is 27.7 Å². The number of alkyl halides is 1. The third-order valence-electron chi connectivity index (χ3n) is 1.52. The summed E-state index contributed by atoms with van der Waals surface area (Å²) in [6, 6.07) is 0. The maximum absolute atomic E-state index is 6.02. The molecular weight excluding hydrogens is 208 g/mol. The SMILES string of the molecule is CCO[Si](OCC)(OCC)C(C)Cl. The third-order valence-corrected chi connectivity index (χ3v) is 5.37. The highest BCUT2D eigenvalue weighted by Crippen LogP contribution is 2.19. The fraction of sp³-hybridized carbons (Fsp3) is 1.00. The molecule has 3 nitrogen and oxygen atoms in total. The van der Waals surface area contributed by atoms with E-state index in [2.05, 4.69) is 0 Å². The Hall–Kier alpha value is 0.387. The molecule has 1 atom stereocenters. The Balaban J connectivity index is 4.38. The van der Waals surface area contributed by atoms with Crippen molar-refractivity contribution in [2.75, 3.05) is 19.8 Å². The van der Waals surface area contributed by atoms with E-state index < -0.39 is 8.80 Å². The average molecular weight is 227 g/mol. The van der Waals surface area contributed by atoms with Gasteiger partial charge in [-0.3, -0.25) is 0 Å². The number of hydrogen-bond donors (Lipinski definition) is 0. The van der Waals surface area contributed by atoms with Crippen LogP contribution in [0.3, 0.4) is 0 Å². The quantitative estimate of drug-likeness (QED) is 0.492. The van der Waals surface area contributed by atoms with Gasteiger partial charge >= 0.3 is 8.80 Å². The van der Waals surface area contributed by atoms with Crippen molar-refractivity contribution >= 4 is 20.4 Å². The molecule has 0 saturated heterocycles. The molecule has 0 spiro atoms. The van der Waals surface area contributed by atoms with Crippen LogP contribution in [-0.2, 0) is 13.3 Å². The van der Waals surface area contributed by atoms with Crippen LogP contribution in [0.1, 0.15) is 27.7 Å². The predicted molar refractivity (Wildman–Crippen MR) is 55.9 cm³/mol. The molecule has 0 saturated carbocycles. The highest BCUT2D eigenvalue weighted by atomic mass is 35.5. The first-order chi connectivity index (χ1) is 6.13. The Morgan fingerprint density at radius 2 is 1.31 bits per heavy atom. The van der Waals surface area contributed by atoms with Crippen molar-refractivity contribution in [2.24, 2.45) is 0 Å². The van der Waals surface area contributed by atoms with Crippen LogP contribution >= 0.6 is 11.6 Å². The zero-order valence-corrected chi connectivity index (χ0v) is 10.6. The normalized spacial score (nSPS) is 14.5. The second-order valence-electron chi connectivity index (χ2n) is 2.52. The van der Waals surface area contributed by atoms with Crippen LogP contribution in [-0.4, -0.2) is 33.6 Å². The molecule has 0 N–H and O–H groups in total. The molecule has 0 amide bonds. The summed E-state index contributed by atoms with van der Waals surface area (Å²) in [6.45, 7) is 9.32. The van der Waals surface area contributed by atoms with E-state index in [9.17, 15) is 0 Å². The van der Waals surface area contributed by atoms with Crippen LogP contribution in [0.4, 0.5) is 0 Å². The molecule has 0 aromatic carbocycles. The van der Waals surface area contributed by atoms with Crippen LogP contribution in [0.25, 0.3) is 0 Å². The highest BCUT2D eigenvalue weighted by molar-refractivity contribution is 6.71. The van der Waals surface area contributed by atoms with E-state index in [0.717, 1.165) is 0 Å². The molecule has 13 heavy (non-hydrogen) atoms. The Morgan fingerprint density at radius 1 is 1.00 bits per heavy atom. The zero-order valence-electron chi connectivity index (χ0n) is 8.80. The largest absolute Gasteiger partial charge is 0.519 e. The summed E-state index contributed by atoms with van der Waals surface area (Å²) >= 11 is 6.02. The summed E-state index contributed by atoms with van der Waals surface area (Å²) in [5.74, 6) is 0. The topological polar surface area (TPSA) is 27.7 Å². The van der Waals surface area contributed by atoms with Crippen LogP contribution in [0, 0.1) is 0 Å². The van der Waals surface area contributed by atoms with Gasteiger partial charge in [-0.15, -0.1) is 11.6 Å². The fourth-order valence-electron chi connectivity index (χ4n) is 1.07. The Kier molecular flexibility index (Phi) is 6.99. The van der Waals surface area contributed by atoms with E-state index >= 15 is 0 Å². The van der Waals surface area contributed by atoms with Gasteiger partial charge in [0.1, 0.15) is 5.00 Å². The van der Waals surface area contributed by atoms with Crippen molar-refractivity contribution in [3.63, 3.8) is 0 Å². The molecule has 0 aliphatic rings. The Bertz CT molecular complexity index is 116. The smallest absolute Gasteiger partial charge is 0.373 e. The minimum absolute atomic E-state index is 0.202. The van der Waals surface area contributed by atoms with Crippen LogP contribution < -0.4 is 0 Å². The van der Waals surface area contributed by atoms with E-state index in [1.165, 1.54) is 0 Å². The minimum atomic E-state index is -2.61. The summed E-state index contributed by atoms with van der Waals surface area (Å²) < 4.78 is 16.6. The van der Waals surface area contributed by atoms with Crippen molar-refractivity contribution in [1.82, 2.24) is 0 Å². The van der Waals surface area contributed by atoms with Gasteiger partial charge in [0.25, 0.3) is 0 Å². The van der Waals surface area contributed by atoms with Crippen molar-refractivity contribution in [1.29, 1.82) is 0 Å². The van der Waals surface area contributed by atoms with Crippen LogP contribution in [0.15, 0.2) is 0 Å². The molecule has 80 valence electrons. The average Bonchev–Trinajstić information content (AvgIpc) is 2.05. The van der Waals surface area contributed by atoms with E-state index in [-0.39, 0.29) is 5.00 Å². The number of halogens is 1. The molecule has 0 aromatic rings. The standard InChI is InChI=1S/C8H19ClO3Si/c1-5-10-13(8(4)9,11-6-2)12-7-3/h8H,5-7H2,1-4H3. The highest BCUT2D eigenvalue weighted by Gasteiger charge is 2.46. The fourth-order valence-corrected chi connectivity index (χ4v) is 3.79. The van der Waals surface area contributed by atoms with Gasteiger partial charge < -0.3 is 13.3 Å². The van der Waals surface area contributed by atoms with E-state index in [4.69, 9.17) is 24.9 Å². The molecule has 0 heterocycles. The van der Waals surface area contributed by atoms with Gasteiger partial charge in [-0.25, -0.2) is 0 Å². The first-order valence-corrected chi connectivity index (χ1v) is 6.92. The first-order valence-electron chi connectivity index (χ1n) is 4.68. The van der Waals surface area contributed by atoms with Gasteiger partial charge in [-0.05, 0) is 27.7 Å². The van der Waals surface area contributed by atoms with Crippen LogP contribution in [0.5, 0.6) is 0 Å². The van der Waals surface area contributed by atoms with Crippen molar-refractivity contribution in [2.45, 2.75) is 32.7 Å². The Labute approximate surface area is 86.7 Å². The lowest BCUT2D eigenvalue weighted by atomic mass is 10.9. The number of hydrogen-bond acceptors (Lipinski definition) is 3. The molecule has 5 heteroatoms. The maximum atomic E-state index is 6.02. The lowest BCUT2D eigenvalue weighted by Crippen LogP contribution is -2.53. The lowest BCUT2D eigenvalue weighted by Gasteiger charge is -2.30. The molecule has 0 rings (SSSR count). The molecular formula is C8H19ClO3Si. The predicted octanol–water partition coefficient (Wildman–Crippen LogP) is 2.20. The van der Waals surface area contributed by atoms with Gasteiger partial charge in [0, 0.05) is 19.8 Å². The van der Waals surface area contributed by atoms with E-state index in [1.54, 1.807) is 0 Å². The number of rotatable bonds is 7. The second kappa shape index (κ2) is 6.78. The molecule has 0 radical (unpaired) electrons. The summed E-state index contributed by atoms with van der Waals surface area (Å²) in [5, 5.41) is -0.202. The summed E-state index contributed by atoms with van der Waals surface area (Å²) in [7, 11) is -2.61. The Morgan fingerprint density at radius 3 is 1.46 bits per heavy atom. The van der Waals surface area contributed by atoms with Crippen LogP contribution in [0.2, 0.25) is 0 Å². The molecule has 0 bridgehead atoms. The van der Waals surface area contributed by atoms with E-state index in [0.29, 0.717) is 19.8 Å². The molecule has 1 unspecified atom stereocenters. The second-order valence-corrected chi connectivity index (χ2v) is 6.48. The van der Waals surface area contributed by atoms with Crippen molar-refractivity contribution in [3.05, 3.63) is 0 Å². The lowest BCUT2D eigenvalue weighted by molar-refractivity contribution is 0.0702. The van der Waals surface area contributed by atoms with Gasteiger partial charge in [0.05, 0.1) is 0 Å². The monoisotopic (exact) mass is 226 g/mol. The van der Waals surface area contributed by atoms with Gasteiger partial charge in [-0.2, -0.15) is 0 Å². The summed E-state index contributed by atoms with van der Waals surface area (Å²) in [6.07, 6.45) is 0. The first kappa shape index (κ1) is 13.4. The van der Waals surface area contributed by atoms with Crippen molar-refractivity contribution in [3.8, 4) is 0 Å².